The number of nitrogens with zero attached hydrogens (tertiary/aromatic N) is 3. The van der Waals surface area contributed by atoms with E-state index in [-0.39, 0.29) is 5.75 Å². The highest BCUT2D eigenvalue weighted by Gasteiger charge is 2.15. The van der Waals surface area contributed by atoms with Crippen LogP contribution >= 0.6 is 12.2 Å². The summed E-state index contributed by atoms with van der Waals surface area (Å²) < 4.78 is 7.21. The minimum absolute atomic E-state index is 0.0625. The topological polar surface area (TPSA) is 75.4 Å². The normalized spacial score (nSPS) is 15.7. The van der Waals surface area contributed by atoms with Crippen molar-refractivity contribution in [1.82, 2.24) is 14.9 Å². The lowest BCUT2D eigenvalue weighted by molar-refractivity contribution is 0.336. The molecule has 3 rings (SSSR count). The average molecular weight is 360 g/mol. The van der Waals surface area contributed by atoms with Crippen LogP contribution in [-0.2, 0) is 6.42 Å². The highest BCUT2D eigenvalue weighted by molar-refractivity contribution is 7.71. The van der Waals surface area contributed by atoms with Gasteiger partial charge in [-0.2, -0.15) is 14.9 Å². The molecule has 134 valence electrons. The van der Waals surface area contributed by atoms with Crippen molar-refractivity contribution in [3.05, 3.63) is 34.4 Å². The number of nitrogens with one attached hydrogen (secondary N) is 1. The predicted molar refractivity (Wildman–Crippen MR) is 100.0 cm³/mol. The van der Waals surface area contributed by atoms with Crippen molar-refractivity contribution in [1.29, 1.82) is 0 Å². The molecule has 1 heterocycles. The molecule has 1 fully saturated rings. The fraction of sp³-hybridized carbons (Fsp3) is 0.500. The van der Waals surface area contributed by atoms with Crippen LogP contribution in [-0.4, -0.2) is 33.3 Å². The standard InChI is InChI=1S/C18H24N4O2S/c1-24-15-9-5-8-14(17(15)23)12-19-22-16(20-21-18(22)25)11-10-13-6-3-2-4-7-13/h5,8-9,12-13,23H,2-4,6-7,10-11H2,1H3,(H,21,25)/b19-12+. The van der Waals surface area contributed by atoms with Crippen LogP contribution in [0.1, 0.15) is 49.9 Å². The first-order valence-electron chi connectivity index (χ1n) is 8.75. The zero-order chi connectivity index (χ0) is 17.6. The predicted octanol–water partition coefficient (Wildman–Crippen LogP) is 4.05. The quantitative estimate of drug-likeness (QED) is 0.602. The summed E-state index contributed by atoms with van der Waals surface area (Å²) in [7, 11) is 1.52. The molecule has 0 saturated heterocycles. The van der Waals surface area contributed by atoms with Gasteiger partial charge in [-0.1, -0.05) is 38.2 Å². The zero-order valence-electron chi connectivity index (χ0n) is 14.4. The third-order valence-corrected chi connectivity index (χ3v) is 5.05. The number of para-hydroxylation sites is 1. The molecule has 1 aliphatic rings. The zero-order valence-corrected chi connectivity index (χ0v) is 15.3. The van der Waals surface area contributed by atoms with Crippen LogP contribution in [0.25, 0.3) is 0 Å². The molecule has 0 aliphatic heterocycles. The third kappa shape index (κ3) is 4.28. The number of aromatic nitrogens is 3. The van der Waals surface area contributed by atoms with Gasteiger partial charge in [0.15, 0.2) is 17.3 Å². The summed E-state index contributed by atoms with van der Waals surface area (Å²) in [5.74, 6) is 2.08. The molecule has 1 aromatic carbocycles. The fourth-order valence-corrected chi connectivity index (χ4v) is 3.54. The van der Waals surface area contributed by atoms with Crippen molar-refractivity contribution >= 4 is 18.4 Å². The number of hydrogen-bond acceptors (Lipinski definition) is 5. The van der Waals surface area contributed by atoms with Crippen LogP contribution in [0.15, 0.2) is 23.3 Å². The Hall–Kier alpha value is -2.15. The number of methoxy groups -OCH3 is 1. The van der Waals surface area contributed by atoms with E-state index in [1.807, 2.05) is 0 Å². The number of aromatic amines is 1. The Morgan fingerprint density at radius 2 is 2.20 bits per heavy atom. The number of H-pyrrole nitrogens is 1. The molecule has 0 unspecified atom stereocenters. The Morgan fingerprint density at radius 1 is 1.40 bits per heavy atom. The minimum Gasteiger partial charge on any atom is -0.504 e. The fourth-order valence-electron chi connectivity index (χ4n) is 3.34. The highest BCUT2D eigenvalue weighted by atomic mass is 32.1. The summed E-state index contributed by atoms with van der Waals surface area (Å²) in [4.78, 5) is 0. The van der Waals surface area contributed by atoms with E-state index in [0.717, 1.165) is 24.6 Å². The number of rotatable bonds is 6. The molecule has 1 aliphatic carbocycles. The van der Waals surface area contributed by atoms with Crippen molar-refractivity contribution in [3.63, 3.8) is 0 Å². The first-order valence-corrected chi connectivity index (χ1v) is 9.16. The van der Waals surface area contributed by atoms with Gasteiger partial charge in [0, 0.05) is 12.0 Å². The van der Waals surface area contributed by atoms with E-state index in [1.165, 1.54) is 39.2 Å². The van der Waals surface area contributed by atoms with Crippen molar-refractivity contribution in [3.8, 4) is 11.5 Å². The molecule has 2 N–H and O–H groups in total. The lowest BCUT2D eigenvalue weighted by Crippen LogP contribution is -2.09. The third-order valence-electron chi connectivity index (χ3n) is 4.78. The van der Waals surface area contributed by atoms with Crippen LogP contribution in [0.4, 0.5) is 0 Å². The number of benzene rings is 1. The van der Waals surface area contributed by atoms with Gasteiger partial charge in [-0.3, -0.25) is 5.10 Å². The van der Waals surface area contributed by atoms with E-state index in [0.29, 0.717) is 16.1 Å². The van der Waals surface area contributed by atoms with E-state index >= 15 is 0 Å². The van der Waals surface area contributed by atoms with Crippen LogP contribution in [0, 0.1) is 10.7 Å². The molecule has 0 amide bonds. The largest absolute Gasteiger partial charge is 0.504 e. The van der Waals surface area contributed by atoms with Gasteiger partial charge in [-0.15, -0.1) is 0 Å². The molecule has 6 nitrogen and oxygen atoms in total. The SMILES string of the molecule is COc1cccc(/C=N/n2c(CCC3CCCCC3)n[nH]c2=S)c1O. The first kappa shape index (κ1) is 17.7. The maximum atomic E-state index is 10.2. The molecule has 0 spiro atoms. The van der Waals surface area contributed by atoms with E-state index in [4.69, 9.17) is 17.0 Å². The Kier molecular flexibility index (Phi) is 5.86. The number of aromatic hydroxyl groups is 1. The number of hydrogen-bond donors (Lipinski definition) is 2. The summed E-state index contributed by atoms with van der Waals surface area (Å²) >= 11 is 5.28. The van der Waals surface area contributed by atoms with E-state index in [1.54, 1.807) is 29.1 Å². The second-order valence-electron chi connectivity index (χ2n) is 6.44. The van der Waals surface area contributed by atoms with Crippen molar-refractivity contribution < 1.29 is 9.84 Å². The monoisotopic (exact) mass is 360 g/mol. The lowest BCUT2D eigenvalue weighted by atomic mass is 9.86. The molecule has 7 heteroatoms. The smallest absolute Gasteiger partial charge is 0.216 e. The molecular formula is C18H24N4O2S. The van der Waals surface area contributed by atoms with Gasteiger partial charge in [0.1, 0.15) is 0 Å². The van der Waals surface area contributed by atoms with Crippen LogP contribution in [0.5, 0.6) is 11.5 Å². The van der Waals surface area contributed by atoms with Gasteiger partial charge in [0.25, 0.3) is 0 Å². The highest BCUT2D eigenvalue weighted by Crippen LogP contribution is 2.28. The Balaban J connectivity index is 1.74. The van der Waals surface area contributed by atoms with Crippen molar-refractivity contribution in [2.45, 2.75) is 44.9 Å². The summed E-state index contributed by atoms with van der Waals surface area (Å²) in [6, 6.07) is 5.27. The maximum absolute atomic E-state index is 10.2. The summed E-state index contributed by atoms with van der Waals surface area (Å²) in [5.41, 5.74) is 0.570. The second kappa shape index (κ2) is 8.29. The lowest BCUT2D eigenvalue weighted by Gasteiger charge is -2.20. The van der Waals surface area contributed by atoms with Gasteiger partial charge in [-0.05, 0) is 36.7 Å². The Labute approximate surface area is 152 Å². The van der Waals surface area contributed by atoms with Gasteiger partial charge >= 0.3 is 0 Å². The van der Waals surface area contributed by atoms with Gasteiger partial charge in [0.05, 0.1) is 13.3 Å². The van der Waals surface area contributed by atoms with Gasteiger partial charge < -0.3 is 9.84 Å². The second-order valence-corrected chi connectivity index (χ2v) is 6.83. The summed E-state index contributed by atoms with van der Waals surface area (Å²) in [6.45, 7) is 0. The van der Waals surface area contributed by atoms with Crippen molar-refractivity contribution in [2.24, 2.45) is 11.0 Å². The van der Waals surface area contributed by atoms with Gasteiger partial charge in [0.2, 0.25) is 4.77 Å². The van der Waals surface area contributed by atoms with Crippen molar-refractivity contribution in [2.75, 3.05) is 7.11 Å². The number of aryl methyl sites for hydroxylation is 1. The summed E-state index contributed by atoms with van der Waals surface area (Å²) in [5, 5.41) is 21.7. The minimum atomic E-state index is 0.0625. The van der Waals surface area contributed by atoms with E-state index in [9.17, 15) is 5.11 Å². The molecule has 1 saturated carbocycles. The number of phenolic OH excluding ortho intramolecular Hbond substituents is 1. The molecule has 0 atom stereocenters. The molecular weight excluding hydrogens is 336 g/mol. The van der Waals surface area contributed by atoms with E-state index in [2.05, 4.69) is 15.3 Å². The van der Waals surface area contributed by atoms with Crippen LogP contribution < -0.4 is 4.74 Å². The first-order chi connectivity index (χ1) is 12.2. The Morgan fingerprint density at radius 3 is 2.96 bits per heavy atom. The average Bonchev–Trinajstić information content (AvgIpc) is 3.00. The molecule has 0 radical (unpaired) electrons. The van der Waals surface area contributed by atoms with Crippen LogP contribution in [0.2, 0.25) is 0 Å². The molecule has 25 heavy (non-hydrogen) atoms. The Bertz CT molecular complexity index is 791. The van der Waals surface area contributed by atoms with Gasteiger partial charge in [-0.25, -0.2) is 0 Å². The maximum Gasteiger partial charge on any atom is 0.216 e. The van der Waals surface area contributed by atoms with E-state index < -0.39 is 0 Å². The molecule has 1 aromatic heterocycles. The number of phenols is 1. The number of ether oxygens (including phenoxy) is 1. The van der Waals surface area contributed by atoms with Crippen LogP contribution in [0.3, 0.4) is 0 Å². The molecule has 2 aromatic rings. The summed E-state index contributed by atoms with van der Waals surface area (Å²) in [6.07, 6.45) is 10.2. The molecule has 0 bridgehead atoms.